The molecule has 0 saturated heterocycles. The lowest BCUT2D eigenvalue weighted by Crippen LogP contribution is -2.18. The van der Waals surface area contributed by atoms with Crippen molar-refractivity contribution in [2.45, 2.75) is 39.8 Å². The average molecular weight is 272 g/mol. The maximum Gasteiger partial charge on any atom is 0.0524 e. The molecule has 108 valence electrons. The smallest absolute Gasteiger partial charge is 0.0524 e. The van der Waals surface area contributed by atoms with E-state index < -0.39 is 0 Å². The first-order valence-electron chi connectivity index (χ1n) is 7.21. The Kier molecular flexibility index (Phi) is 4.99. The fourth-order valence-electron chi connectivity index (χ4n) is 2.52. The summed E-state index contributed by atoms with van der Waals surface area (Å²) in [6, 6.07) is 12.7. The van der Waals surface area contributed by atoms with Gasteiger partial charge in [0.1, 0.15) is 0 Å². The molecular weight excluding hydrogens is 248 g/mol. The van der Waals surface area contributed by atoms with Gasteiger partial charge >= 0.3 is 0 Å². The fourth-order valence-corrected chi connectivity index (χ4v) is 2.52. The number of aliphatic hydroxyl groups is 1. The molecule has 0 aliphatic carbocycles. The van der Waals surface area contributed by atoms with Crippen LogP contribution in [-0.2, 0) is 6.54 Å². The summed E-state index contributed by atoms with van der Waals surface area (Å²) in [4.78, 5) is 0. The molecule has 1 heterocycles. The second-order valence-electron chi connectivity index (χ2n) is 5.38. The number of nitrogens with zero attached hydrogens (tertiary/aromatic N) is 1. The summed E-state index contributed by atoms with van der Waals surface area (Å²) < 4.78 is 2.28. The minimum Gasteiger partial charge on any atom is -0.393 e. The quantitative estimate of drug-likeness (QED) is 0.793. The third-order valence-corrected chi connectivity index (χ3v) is 3.60. The highest BCUT2D eigenvalue weighted by atomic mass is 16.3. The largest absolute Gasteiger partial charge is 0.393 e. The van der Waals surface area contributed by atoms with Crippen molar-refractivity contribution in [3.8, 4) is 5.69 Å². The van der Waals surface area contributed by atoms with Crippen molar-refractivity contribution < 1.29 is 5.11 Å². The van der Waals surface area contributed by atoms with Gasteiger partial charge in [0, 0.05) is 23.6 Å². The Morgan fingerprint density at radius 3 is 2.55 bits per heavy atom. The van der Waals surface area contributed by atoms with Crippen LogP contribution in [0.1, 0.15) is 30.3 Å². The first-order chi connectivity index (χ1) is 9.59. The molecule has 20 heavy (non-hydrogen) atoms. The first-order valence-corrected chi connectivity index (χ1v) is 7.21. The van der Waals surface area contributed by atoms with Crippen molar-refractivity contribution in [3.05, 3.63) is 53.3 Å². The SMILES string of the molecule is Cc1cc(CNCCC(C)O)c(C)n1-c1ccccc1. The highest BCUT2D eigenvalue weighted by molar-refractivity contribution is 5.40. The first kappa shape index (κ1) is 14.8. The number of aromatic nitrogens is 1. The second-order valence-corrected chi connectivity index (χ2v) is 5.38. The van der Waals surface area contributed by atoms with Crippen LogP contribution in [0.5, 0.6) is 0 Å². The molecule has 3 heteroatoms. The third-order valence-electron chi connectivity index (χ3n) is 3.60. The topological polar surface area (TPSA) is 37.2 Å². The number of benzene rings is 1. The van der Waals surface area contributed by atoms with Crippen LogP contribution < -0.4 is 5.32 Å². The van der Waals surface area contributed by atoms with Crippen molar-refractivity contribution in [2.75, 3.05) is 6.54 Å². The number of hydrogen-bond donors (Lipinski definition) is 2. The summed E-state index contributed by atoms with van der Waals surface area (Å²) in [5.41, 5.74) is 5.05. The molecule has 2 N–H and O–H groups in total. The van der Waals surface area contributed by atoms with Gasteiger partial charge in [-0.1, -0.05) is 18.2 Å². The molecule has 0 fully saturated rings. The molecule has 0 aliphatic rings. The minimum atomic E-state index is -0.237. The average Bonchev–Trinajstić information content (AvgIpc) is 2.70. The molecule has 0 saturated carbocycles. The summed E-state index contributed by atoms with van der Waals surface area (Å²) in [6.45, 7) is 7.81. The van der Waals surface area contributed by atoms with E-state index in [4.69, 9.17) is 0 Å². The predicted octanol–water partition coefficient (Wildman–Crippen LogP) is 2.95. The van der Waals surface area contributed by atoms with Crippen molar-refractivity contribution in [2.24, 2.45) is 0 Å². The Hall–Kier alpha value is -1.58. The zero-order valence-corrected chi connectivity index (χ0v) is 12.6. The third kappa shape index (κ3) is 3.50. The molecule has 2 aromatic rings. The van der Waals surface area contributed by atoms with E-state index in [-0.39, 0.29) is 6.10 Å². The van der Waals surface area contributed by atoms with Gasteiger partial charge in [-0.05, 0) is 57.5 Å². The lowest BCUT2D eigenvalue weighted by molar-refractivity contribution is 0.183. The van der Waals surface area contributed by atoms with Crippen LogP contribution >= 0.6 is 0 Å². The zero-order valence-electron chi connectivity index (χ0n) is 12.6. The molecule has 0 spiro atoms. The minimum absolute atomic E-state index is 0.237. The number of rotatable bonds is 6. The second kappa shape index (κ2) is 6.73. The molecule has 2 rings (SSSR count). The van der Waals surface area contributed by atoms with E-state index in [0.717, 1.165) is 19.5 Å². The van der Waals surface area contributed by atoms with Crippen molar-refractivity contribution in [3.63, 3.8) is 0 Å². The number of nitrogens with one attached hydrogen (secondary N) is 1. The Bertz CT molecular complexity index is 544. The van der Waals surface area contributed by atoms with Crippen LogP contribution in [0.3, 0.4) is 0 Å². The van der Waals surface area contributed by atoms with Gasteiger partial charge in [0.15, 0.2) is 0 Å². The van der Waals surface area contributed by atoms with Crippen LogP contribution in [0.2, 0.25) is 0 Å². The van der Waals surface area contributed by atoms with Gasteiger partial charge < -0.3 is 15.0 Å². The molecule has 0 bridgehead atoms. The van der Waals surface area contributed by atoms with Crippen molar-refractivity contribution in [1.29, 1.82) is 0 Å². The molecule has 3 nitrogen and oxygen atoms in total. The van der Waals surface area contributed by atoms with E-state index >= 15 is 0 Å². The normalized spacial score (nSPS) is 12.6. The van der Waals surface area contributed by atoms with Crippen molar-refractivity contribution >= 4 is 0 Å². The number of para-hydroxylation sites is 1. The Morgan fingerprint density at radius 2 is 1.90 bits per heavy atom. The lowest BCUT2D eigenvalue weighted by atomic mass is 10.2. The van der Waals surface area contributed by atoms with Crippen LogP contribution in [0.15, 0.2) is 36.4 Å². The maximum atomic E-state index is 9.26. The lowest BCUT2D eigenvalue weighted by Gasteiger charge is -2.10. The molecular formula is C17H24N2O. The van der Waals surface area contributed by atoms with Gasteiger partial charge in [0.05, 0.1) is 6.10 Å². The van der Waals surface area contributed by atoms with E-state index in [0.29, 0.717) is 0 Å². The molecule has 1 aromatic carbocycles. The van der Waals surface area contributed by atoms with Gasteiger partial charge in [-0.2, -0.15) is 0 Å². The van der Waals surface area contributed by atoms with Gasteiger partial charge in [0.2, 0.25) is 0 Å². The molecule has 1 atom stereocenters. The highest BCUT2D eigenvalue weighted by Gasteiger charge is 2.09. The van der Waals surface area contributed by atoms with Gasteiger partial charge in [-0.25, -0.2) is 0 Å². The molecule has 0 aliphatic heterocycles. The van der Waals surface area contributed by atoms with E-state index in [1.54, 1.807) is 0 Å². The molecule has 1 aromatic heterocycles. The van der Waals surface area contributed by atoms with E-state index in [1.165, 1.54) is 22.6 Å². The monoisotopic (exact) mass is 272 g/mol. The van der Waals surface area contributed by atoms with E-state index in [9.17, 15) is 5.11 Å². The van der Waals surface area contributed by atoms with E-state index in [1.807, 2.05) is 13.0 Å². The molecule has 0 amide bonds. The zero-order chi connectivity index (χ0) is 14.5. The summed E-state index contributed by atoms with van der Waals surface area (Å²) in [5.74, 6) is 0. The molecule has 1 unspecified atom stereocenters. The van der Waals surface area contributed by atoms with E-state index in [2.05, 4.69) is 54.1 Å². The van der Waals surface area contributed by atoms with Crippen molar-refractivity contribution in [1.82, 2.24) is 9.88 Å². The Morgan fingerprint density at radius 1 is 1.20 bits per heavy atom. The van der Waals surface area contributed by atoms with Crippen LogP contribution in [0, 0.1) is 13.8 Å². The fraction of sp³-hybridized carbons (Fsp3) is 0.412. The number of aliphatic hydroxyl groups excluding tert-OH is 1. The summed E-state index contributed by atoms with van der Waals surface area (Å²) >= 11 is 0. The van der Waals surface area contributed by atoms with Gasteiger partial charge in [0.25, 0.3) is 0 Å². The maximum absolute atomic E-state index is 9.26. The molecule has 0 radical (unpaired) electrons. The standard InChI is InChI=1S/C17H24N2O/c1-13-11-16(12-18-10-9-14(2)20)15(3)19(13)17-7-5-4-6-8-17/h4-8,11,14,18,20H,9-10,12H2,1-3H3. The Balaban J connectivity index is 2.09. The Labute approximate surface area is 121 Å². The number of hydrogen-bond acceptors (Lipinski definition) is 2. The summed E-state index contributed by atoms with van der Waals surface area (Å²) in [6.07, 6.45) is 0.552. The van der Waals surface area contributed by atoms with Gasteiger partial charge in [-0.15, -0.1) is 0 Å². The highest BCUT2D eigenvalue weighted by Crippen LogP contribution is 2.20. The van der Waals surface area contributed by atoms with Crippen LogP contribution in [0.25, 0.3) is 5.69 Å². The van der Waals surface area contributed by atoms with Crippen LogP contribution in [0.4, 0.5) is 0 Å². The summed E-state index contributed by atoms with van der Waals surface area (Å²) in [5, 5.41) is 12.6. The number of aryl methyl sites for hydroxylation is 1. The summed E-state index contributed by atoms with van der Waals surface area (Å²) in [7, 11) is 0. The van der Waals surface area contributed by atoms with Gasteiger partial charge in [-0.3, -0.25) is 0 Å². The van der Waals surface area contributed by atoms with Crippen LogP contribution in [-0.4, -0.2) is 22.3 Å². The predicted molar refractivity (Wildman–Crippen MR) is 83.2 cm³/mol.